The second-order valence-electron chi connectivity index (χ2n) is 7.85. The summed E-state index contributed by atoms with van der Waals surface area (Å²) in [5, 5.41) is -6.20. The molecular formula is C23H18F6O7S2. The maximum absolute atomic E-state index is 14.9. The molecule has 1 N–H and O–H groups in total. The third-order valence-electron chi connectivity index (χ3n) is 5.27. The van der Waals surface area contributed by atoms with Gasteiger partial charge < -0.3 is 9.47 Å². The molecule has 0 fully saturated rings. The van der Waals surface area contributed by atoms with Gasteiger partial charge in [0.1, 0.15) is 17.2 Å². The molecule has 0 aliphatic heterocycles. The lowest BCUT2D eigenvalue weighted by Crippen LogP contribution is -2.45. The highest BCUT2D eigenvalue weighted by atomic mass is 32.2. The predicted octanol–water partition coefficient (Wildman–Crippen LogP) is 6.14. The van der Waals surface area contributed by atoms with Gasteiger partial charge in [0.2, 0.25) is 9.84 Å². The summed E-state index contributed by atoms with van der Waals surface area (Å²) in [5.41, 5.74) is -2.46. The maximum atomic E-state index is 14.9. The lowest BCUT2D eigenvalue weighted by Gasteiger charge is -2.26. The van der Waals surface area contributed by atoms with E-state index in [1.165, 1.54) is 12.1 Å². The second kappa shape index (κ2) is 10.1. The van der Waals surface area contributed by atoms with E-state index in [2.05, 4.69) is 4.74 Å². The Labute approximate surface area is 213 Å². The fourth-order valence-electron chi connectivity index (χ4n) is 3.30. The summed E-state index contributed by atoms with van der Waals surface area (Å²) in [5.74, 6) is -6.49. The minimum Gasteiger partial charge on any atom is -0.497 e. The molecule has 0 saturated heterocycles. The van der Waals surface area contributed by atoms with E-state index >= 15 is 0 Å². The molecule has 206 valence electrons. The normalized spacial score (nSPS) is 13.0. The van der Waals surface area contributed by atoms with Crippen LogP contribution in [0, 0.1) is 6.92 Å². The van der Waals surface area contributed by atoms with Crippen LogP contribution in [0.3, 0.4) is 0 Å². The first-order valence-corrected chi connectivity index (χ1v) is 13.2. The van der Waals surface area contributed by atoms with E-state index in [0.29, 0.717) is 18.2 Å². The van der Waals surface area contributed by atoms with Gasteiger partial charge in [-0.2, -0.15) is 26.0 Å². The third kappa shape index (κ3) is 5.31. The first kappa shape index (κ1) is 29.3. The monoisotopic (exact) mass is 584 g/mol. The van der Waals surface area contributed by atoms with Gasteiger partial charge in [-0.05, 0) is 55.5 Å². The molecule has 0 aliphatic rings. The molecule has 3 rings (SSSR count). The van der Waals surface area contributed by atoms with Crippen LogP contribution < -0.4 is 9.47 Å². The van der Waals surface area contributed by atoms with Crippen LogP contribution in [0.4, 0.5) is 26.3 Å². The molecule has 7 nitrogen and oxygen atoms in total. The summed E-state index contributed by atoms with van der Waals surface area (Å²) in [4.78, 5) is -2.86. The number of rotatable bonds is 9. The van der Waals surface area contributed by atoms with Crippen molar-refractivity contribution in [2.45, 2.75) is 34.3 Å². The average Bonchev–Trinajstić information content (AvgIpc) is 2.84. The molecule has 3 aromatic carbocycles. The largest absolute Gasteiger partial charge is 0.497 e. The topological polar surface area (TPSA) is 107 Å². The summed E-state index contributed by atoms with van der Waals surface area (Å²) in [6.07, 6.45) is -3.50. The zero-order valence-corrected chi connectivity index (χ0v) is 21.0. The molecule has 0 heterocycles. The van der Waals surface area contributed by atoms with Gasteiger partial charge in [0, 0.05) is 5.56 Å². The van der Waals surface area contributed by atoms with Crippen LogP contribution >= 0.6 is 0 Å². The number of sulfone groups is 1. The van der Waals surface area contributed by atoms with Crippen LogP contribution in [0.5, 0.6) is 17.2 Å². The Morgan fingerprint density at radius 3 is 1.84 bits per heavy atom. The van der Waals surface area contributed by atoms with Crippen molar-refractivity contribution in [3.05, 3.63) is 77.4 Å². The third-order valence-corrected chi connectivity index (χ3v) is 8.06. The molecule has 0 amide bonds. The summed E-state index contributed by atoms with van der Waals surface area (Å²) < 4.78 is 153. The number of benzene rings is 3. The number of halogens is 6. The zero-order valence-electron chi connectivity index (χ0n) is 19.3. The molecule has 38 heavy (non-hydrogen) atoms. The minimum absolute atomic E-state index is 0.100. The predicted molar refractivity (Wildman–Crippen MR) is 121 cm³/mol. The summed E-state index contributed by atoms with van der Waals surface area (Å²) in [6.45, 7) is 1.78. The van der Waals surface area contributed by atoms with Crippen molar-refractivity contribution in [3.8, 4) is 17.2 Å². The van der Waals surface area contributed by atoms with Gasteiger partial charge in [-0.1, -0.05) is 17.7 Å². The van der Waals surface area contributed by atoms with Crippen LogP contribution in [-0.4, -0.2) is 33.8 Å². The van der Waals surface area contributed by atoms with E-state index in [1.54, 1.807) is 19.1 Å². The van der Waals surface area contributed by atoms with Crippen molar-refractivity contribution >= 4 is 20.0 Å². The quantitative estimate of drug-likeness (QED) is 0.238. The molecule has 0 saturated carbocycles. The molecular weight excluding hydrogens is 566 g/mol. The number of hydrogen-bond acceptors (Lipinski definition) is 6. The van der Waals surface area contributed by atoms with Gasteiger partial charge in [0.15, 0.2) is 0 Å². The molecule has 0 aliphatic carbocycles. The molecule has 0 spiro atoms. The standard InChI is InChI=1S/C23H18F6O7S2/c1-13-3-5-14(6-4-13)36-16-8-9-19(17(11-16)21(24)25)37(30,31)20-10-7-15(35-2)12-18(20)22(26,27)23(28,29)38(32,33)34/h3-12,21H,1-2H3,(H,32,33,34). The Kier molecular flexibility index (Phi) is 7.78. The van der Waals surface area contributed by atoms with Crippen molar-refractivity contribution in [3.63, 3.8) is 0 Å². The first-order chi connectivity index (χ1) is 17.4. The van der Waals surface area contributed by atoms with Gasteiger partial charge >= 0.3 is 21.3 Å². The number of aryl methyl sites for hydroxylation is 1. The van der Waals surface area contributed by atoms with Gasteiger partial charge in [-0.15, -0.1) is 0 Å². The zero-order chi connectivity index (χ0) is 28.7. The minimum atomic E-state index is -6.77. The summed E-state index contributed by atoms with van der Waals surface area (Å²) >= 11 is 0. The van der Waals surface area contributed by atoms with E-state index < -0.39 is 64.2 Å². The smallest absolute Gasteiger partial charge is 0.436 e. The number of ether oxygens (including phenoxy) is 2. The molecule has 15 heteroatoms. The summed E-state index contributed by atoms with van der Waals surface area (Å²) in [6, 6.07) is 9.70. The molecule has 3 aromatic rings. The number of hydrogen-bond donors (Lipinski definition) is 1. The Bertz CT molecular complexity index is 1560. The van der Waals surface area contributed by atoms with Crippen molar-refractivity contribution < 1.29 is 57.2 Å². The molecule has 0 aromatic heterocycles. The average molecular weight is 585 g/mol. The molecule has 0 bridgehead atoms. The van der Waals surface area contributed by atoms with Crippen molar-refractivity contribution in [1.29, 1.82) is 0 Å². The second-order valence-corrected chi connectivity index (χ2v) is 11.2. The van der Waals surface area contributed by atoms with E-state index in [1.807, 2.05) is 0 Å². The Balaban J connectivity index is 2.22. The van der Waals surface area contributed by atoms with Gasteiger partial charge in [0.05, 0.1) is 22.5 Å². The van der Waals surface area contributed by atoms with Crippen molar-refractivity contribution in [1.82, 2.24) is 0 Å². The van der Waals surface area contributed by atoms with Gasteiger partial charge in [0.25, 0.3) is 6.43 Å². The van der Waals surface area contributed by atoms with Gasteiger partial charge in [-0.25, -0.2) is 17.2 Å². The highest BCUT2D eigenvalue weighted by Gasteiger charge is 2.67. The Morgan fingerprint density at radius 2 is 1.32 bits per heavy atom. The molecule has 0 atom stereocenters. The summed E-state index contributed by atoms with van der Waals surface area (Å²) in [7, 11) is -11.3. The Morgan fingerprint density at radius 1 is 0.789 bits per heavy atom. The van der Waals surface area contributed by atoms with Crippen LogP contribution in [0.25, 0.3) is 0 Å². The molecule has 0 radical (unpaired) electrons. The molecule has 0 unspecified atom stereocenters. The van der Waals surface area contributed by atoms with Crippen molar-refractivity contribution in [2.24, 2.45) is 0 Å². The van der Waals surface area contributed by atoms with E-state index in [4.69, 9.17) is 9.29 Å². The highest BCUT2D eigenvalue weighted by molar-refractivity contribution is 7.91. The van der Waals surface area contributed by atoms with E-state index in [-0.39, 0.29) is 17.6 Å². The van der Waals surface area contributed by atoms with E-state index in [0.717, 1.165) is 24.8 Å². The van der Waals surface area contributed by atoms with Crippen LogP contribution in [0.2, 0.25) is 0 Å². The SMILES string of the molecule is COc1ccc(S(=O)(=O)c2ccc(Oc3ccc(C)cc3)cc2C(F)F)c(C(F)(F)C(F)(F)S(=O)(=O)O)c1. The number of methoxy groups -OCH3 is 1. The van der Waals surface area contributed by atoms with Gasteiger partial charge in [-0.3, -0.25) is 4.55 Å². The lowest BCUT2D eigenvalue weighted by molar-refractivity contribution is -0.168. The lowest BCUT2D eigenvalue weighted by atomic mass is 10.1. The van der Waals surface area contributed by atoms with Crippen LogP contribution in [0.15, 0.2) is 70.5 Å². The maximum Gasteiger partial charge on any atom is 0.436 e. The van der Waals surface area contributed by atoms with Crippen LogP contribution in [0.1, 0.15) is 23.1 Å². The van der Waals surface area contributed by atoms with Crippen LogP contribution in [-0.2, 0) is 25.9 Å². The fourth-order valence-corrected chi connectivity index (χ4v) is 5.40. The van der Waals surface area contributed by atoms with E-state index in [9.17, 15) is 43.2 Å². The van der Waals surface area contributed by atoms with Crippen molar-refractivity contribution in [2.75, 3.05) is 7.11 Å². The first-order valence-electron chi connectivity index (χ1n) is 10.3. The number of alkyl halides is 6. The Hall–Kier alpha value is -3.30. The highest BCUT2D eigenvalue weighted by Crippen LogP contribution is 2.49. The fraction of sp³-hybridized carbons (Fsp3) is 0.217.